The number of hydrogen-bond donors (Lipinski definition) is 1. The van der Waals surface area contributed by atoms with Gasteiger partial charge in [-0.15, -0.1) is 0 Å². The molecule has 0 radical (unpaired) electrons. The summed E-state index contributed by atoms with van der Waals surface area (Å²) in [6, 6.07) is 11.5. The van der Waals surface area contributed by atoms with Gasteiger partial charge in [0.05, 0.1) is 10.7 Å². The quantitative estimate of drug-likeness (QED) is 0.672. The third-order valence-corrected chi connectivity index (χ3v) is 4.01. The smallest absolute Gasteiger partial charge is 0.333 e. The van der Waals surface area contributed by atoms with Crippen molar-refractivity contribution in [3.63, 3.8) is 0 Å². The Morgan fingerprint density at radius 3 is 2.54 bits per heavy atom. The van der Waals surface area contributed by atoms with Gasteiger partial charge in [-0.05, 0) is 29.8 Å². The minimum Gasteiger partial charge on any atom is -0.454 e. The van der Waals surface area contributed by atoms with Gasteiger partial charge in [0.15, 0.2) is 11.5 Å². The van der Waals surface area contributed by atoms with Crippen LogP contribution in [0.15, 0.2) is 48.2 Å². The van der Waals surface area contributed by atoms with Gasteiger partial charge in [-0.3, -0.25) is 4.79 Å². The molecule has 4 rings (SSSR count). The molecular formula is C17H11ClN2O4. The van der Waals surface area contributed by atoms with Gasteiger partial charge in [-0.2, -0.15) is 0 Å². The Morgan fingerprint density at radius 2 is 1.79 bits per heavy atom. The van der Waals surface area contributed by atoms with Crippen LogP contribution in [0.4, 0.5) is 10.5 Å². The molecule has 0 saturated carbocycles. The Morgan fingerprint density at radius 1 is 1.08 bits per heavy atom. The number of carbonyl (C=O) groups excluding carboxylic acids is 2. The highest BCUT2D eigenvalue weighted by atomic mass is 35.5. The average molecular weight is 343 g/mol. The van der Waals surface area contributed by atoms with E-state index in [2.05, 4.69) is 5.32 Å². The monoisotopic (exact) mass is 342 g/mol. The summed E-state index contributed by atoms with van der Waals surface area (Å²) >= 11 is 6.21. The van der Waals surface area contributed by atoms with Crippen molar-refractivity contribution in [2.45, 2.75) is 0 Å². The number of hydrogen-bond acceptors (Lipinski definition) is 4. The fourth-order valence-corrected chi connectivity index (χ4v) is 2.75. The van der Waals surface area contributed by atoms with E-state index in [0.717, 1.165) is 4.90 Å². The number of para-hydroxylation sites is 1. The van der Waals surface area contributed by atoms with E-state index in [1.165, 1.54) is 6.08 Å². The number of fused-ring (bicyclic) bond motifs is 1. The summed E-state index contributed by atoms with van der Waals surface area (Å²) in [4.78, 5) is 25.8. The number of amides is 3. The molecule has 1 N–H and O–H groups in total. The van der Waals surface area contributed by atoms with E-state index >= 15 is 0 Å². The maximum absolute atomic E-state index is 12.5. The van der Waals surface area contributed by atoms with Gasteiger partial charge in [0, 0.05) is 6.07 Å². The van der Waals surface area contributed by atoms with Crippen molar-refractivity contribution < 1.29 is 19.1 Å². The lowest BCUT2D eigenvalue weighted by Crippen LogP contribution is -2.30. The highest BCUT2D eigenvalue weighted by molar-refractivity contribution is 6.33. The van der Waals surface area contributed by atoms with Crippen molar-refractivity contribution in [2.75, 3.05) is 11.7 Å². The second-order valence-corrected chi connectivity index (χ2v) is 5.60. The number of ether oxygens (including phenoxy) is 2. The van der Waals surface area contributed by atoms with Crippen LogP contribution in [0.2, 0.25) is 5.02 Å². The maximum atomic E-state index is 12.5. The van der Waals surface area contributed by atoms with Gasteiger partial charge in [-0.1, -0.05) is 29.8 Å². The van der Waals surface area contributed by atoms with Crippen LogP contribution in [-0.4, -0.2) is 18.7 Å². The van der Waals surface area contributed by atoms with Crippen LogP contribution >= 0.6 is 11.6 Å². The van der Waals surface area contributed by atoms with Gasteiger partial charge >= 0.3 is 6.03 Å². The number of nitrogens with zero attached hydrogens (tertiary/aromatic N) is 1. The number of rotatable bonds is 2. The normalized spacial score (nSPS) is 17.5. The topological polar surface area (TPSA) is 67.9 Å². The molecule has 2 aromatic rings. The molecule has 3 amide bonds. The van der Waals surface area contributed by atoms with Crippen molar-refractivity contribution in [1.82, 2.24) is 5.32 Å². The van der Waals surface area contributed by atoms with Crippen molar-refractivity contribution in [3.8, 4) is 11.5 Å². The highest BCUT2D eigenvalue weighted by Crippen LogP contribution is 2.37. The van der Waals surface area contributed by atoms with E-state index in [1.54, 1.807) is 36.4 Å². The first-order chi connectivity index (χ1) is 11.6. The molecule has 1 fully saturated rings. The third-order valence-electron chi connectivity index (χ3n) is 3.68. The minimum atomic E-state index is -0.505. The van der Waals surface area contributed by atoms with Crippen LogP contribution in [0.25, 0.3) is 6.08 Å². The molecule has 1 saturated heterocycles. The lowest BCUT2D eigenvalue weighted by molar-refractivity contribution is -0.113. The summed E-state index contributed by atoms with van der Waals surface area (Å²) in [5.74, 6) is 0.651. The number of anilines is 1. The first-order valence-electron chi connectivity index (χ1n) is 7.15. The summed E-state index contributed by atoms with van der Waals surface area (Å²) in [7, 11) is 0. The number of imide groups is 1. The molecule has 24 heavy (non-hydrogen) atoms. The molecule has 0 atom stereocenters. The van der Waals surface area contributed by atoms with E-state index in [-0.39, 0.29) is 12.5 Å². The molecule has 7 heteroatoms. The van der Waals surface area contributed by atoms with Crippen molar-refractivity contribution in [2.24, 2.45) is 0 Å². The maximum Gasteiger partial charge on any atom is 0.333 e. The molecular weight excluding hydrogens is 332 g/mol. The van der Waals surface area contributed by atoms with Crippen LogP contribution in [0.1, 0.15) is 5.56 Å². The van der Waals surface area contributed by atoms with E-state index in [0.29, 0.717) is 27.8 Å². The molecule has 2 aliphatic rings. The highest BCUT2D eigenvalue weighted by Gasteiger charge is 2.35. The van der Waals surface area contributed by atoms with E-state index in [4.69, 9.17) is 21.1 Å². The van der Waals surface area contributed by atoms with Crippen LogP contribution < -0.4 is 19.7 Å². The molecule has 6 nitrogen and oxygen atoms in total. The van der Waals surface area contributed by atoms with Gasteiger partial charge in [-0.25, -0.2) is 9.69 Å². The van der Waals surface area contributed by atoms with E-state index in [1.807, 2.05) is 6.07 Å². The van der Waals surface area contributed by atoms with Crippen molar-refractivity contribution in [3.05, 3.63) is 58.7 Å². The second-order valence-electron chi connectivity index (χ2n) is 5.19. The first-order valence-corrected chi connectivity index (χ1v) is 7.52. The zero-order valence-corrected chi connectivity index (χ0v) is 13.0. The second kappa shape index (κ2) is 5.58. The molecule has 2 aromatic carbocycles. The SMILES string of the molecule is O=C1NC(=Cc2cc3c(cc2Cl)OCO3)C(=O)N1c1ccccc1. The molecule has 0 bridgehead atoms. The predicted octanol–water partition coefficient (Wildman–Crippen LogP) is 3.17. The van der Waals surface area contributed by atoms with Crippen LogP contribution in [0, 0.1) is 0 Å². The van der Waals surface area contributed by atoms with Crippen LogP contribution in [-0.2, 0) is 4.79 Å². The Labute approximate surface area is 142 Å². The molecule has 0 aromatic heterocycles. The van der Waals surface area contributed by atoms with Crippen molar-refractivity contribution in [1.29, 1.82) is 0 Å². The lowest BCUT2D eigenvalue weighted by atomic mass is 10.1. The number of nitrogens with one attached hydrogen (secondary N) is 1. The van der Waals surface area contributed by atoms with Gasteiger partial charge < -0.3 is 14.8 Å². The number of benzene rings is 2. The van der Waals surface area contributed by atoms with Gasteiger partial charge in [0.25, 0.3) is 5.91 Å². The van der Waals surface area contributed by atoms with E-state index in [9.17, 15) is 9.59 Å². The summed E-state index contributed by atoms with van der Waals surface area (Å²) in [5, 5.41) is 2.96. The number of halogens is 1. The Kier molecular flexibility index (Phi) is 3.39. The minimum absolute atomic E-state index is 0.128. The molecule has 0 aliphatic carbocycles. The van der Waals surface area contributed by atoms with Gasteiger partial charge in [0.1, 0.15) is 5.70 Å². The Bertz CT molecular complexity index is 880. The molecule has 0 unspecified atom stereocenters. The van der Waals surface area contributed by atoms with Crippen molar-refractivity contribution >= 4 is 35.3 Å². The summed E-state index contributed by atoms with van der Waals surface area (Å²) in [6.07, 6.45) is 1.52. The molecule has 120 valence electrons. The number of urea groups is 1. The lowest BCUT2D eigenvalue weighted by Gasteiger charge is -2.10. The molecule has 2 aliphatic heterocycles. The van der Waals surface area contributed by atoms with Gasteiger partial charge in [0.2, 0.25) is 6.79 Å². The fourth-order valence-electron chi connectivity index (χ4n) is 2.55. The summed E-state index contributed by atoms with van der Waals surface area (Å²) in [5.41, 5.74) is 1.20. The summed E-state index contributed by atoms with van der Waals surface area (Å²) in [6.45, 7) is 0.128. The van der Waals surface area contributed by atoms with E-state index < -0.39 is 11.9 Å². The first kappa shape index (κ1) is 14.6. The zero-order chi connectivity index (χ0) is 16.7. The zero-order valence-electron chi connectivity index (χ0n) is 12.3. The summed E-state index contributed by atoms with van der Waals surface area (Å²) < 4.78 is 10.5. The Balaban J connectivity index is 1.70. The van der Waals surface area contributed by atoms with Crippen LogP contribution in [0.3, 0.4) is 0 Å². The molecule has 0 spiro atoms. The predicted molar refractivity (Wildman–Crippen MR) is 88.0 cm³/mol. The largest absolute Gasteiger partial charge is 0.454 e. The molecule has 2 heterocycles. The Hall–Kier alpha value is -2.99. The third kappa shape index (κ3) is 2.37. The number of carbonyl (C=O) groups is 2. The average Bonchev–Trinajstić information content (AvgIpc) is 3.13. The van der Waals surface area contributed by atoms with Crippen LogP contribution in [0.5, 0.6) is 11.5 Å². The fraction of sp³-hybridized carbons (Fsp3) is 0.0588. The standard InChI is InChI=1S/C17H11ClN2O4/c18-12-8-15-14(23-9-24-15)7-10(12)6-13-16(21)20(17(22)19-13)11-4-2-1-3-5-11/h1-8H,9H2,(H,19,22).